The maximum Gasteiger partial charge on any atom is 0.307 e. The first kappa shape index (κ1) is 10.2. The van der Waals surface area contributed by atoms with E-state index in [9.17, 15) is 20.0 Å². The first-order chi connectivity index (χ1) is 6.56. The van der Waals surface area contributed by atoms with Crippen molar-refractivity contribution in [1.82, 2.24) is 9.78 Å². The number of hydrogen-bond acceptors (Lipinski definition) is 5. The topological polar surface area (TPSA) is 101 Å². The van der Waals surface area contributed by atoms with Gasteiger partial charge < -0.3 is 9.90 Å². The standard InChI is InChI=1S/C7H9N3O4/c1-2-6(7(11)12)9-4-5(3-8-9)10(13)14/h3-4,6H,2H2,1H3,(H,11,12)/p-1/t6-/m1/s1. The fraction of sp³-hybridized carbons (Fsp3) is 0.429. The van der Waals surface area contributed by atoms with Crippen LogP contribution in [-0.2, 0) is 4.79 Å². The number of nitro groups is 1. The quantitative estimate of drug-likeness (QED) is 0.479. The van der Waals surface area contributed by atoms with Gasteiger partial charge in [0.2, 0.25) is 0 Å². The zero-order valence-electron chi connectivity index (χ0n) is 7.41. The molecule has 0 aliphatic carbocycles. The maximum absolute atomic E-state index is 10.6. The van der Waals surface area contributed by atoms with E-state index < -0.39 is 16.9 Å². The summed E-state index contributed by atoms with van der Waals surface area (Å²) in [6.45, 7) is 1.63. The lowest BCUT2D eigenvalue weighted by Crippen LogP contribution is -2.33. The lowest BCUT2D eigenvalue weighted by atomic mass is 10.2. The number of rotatable bonds is 4. The Balaban J connectivity index is 2.95. The molecule has 1 aromatic rings. The molecule has 0 saturated heterocycles. The predicted molar refractivity (Wildman–Crippen MR) is 43.2 cm³/mol. The van der Waals surface area contributed by atoms with E-state index in [0.717, 1.165) is 17.1 Å². The van der Waals surface area contributed by atoms with E-state index in [2.05, 4.69) is 5.10 Å². The summed E-state index contributed by atoms with van der Waals surface area (Å²) in [6, 6.07) is -0.955. The van der Waals surface area contributed by atoms with Crippen molar-refractivity contribution in [2.45, 2.75) is 19.4 Å². The van der Waals surface area contributed by atoms with Crippen LogP contribution in [0.5, 0.6) is 0 Å². The Morgan fingerprint density at radius 1 is 1.79 bits per heavy atom. The third-order valence-corrected chi connectivity index (χ3v) is 1.78. The van der Waals surface area contributed by atoms with Crippen molar-refractivity contribution in [2.24, 2.45) is 0 Å². The molecule has 7 heteroatoms. The van der Waals surface area contributed by atoms with Crippen LogP contribution in [-0.4, -0.2) is 20.7 Å². The lowest BCUT2D eigenvalue weighted by Gasteiger charge is -2.15. The second kappa shape index (κ2) is 3.86. The third kappa shape index (κ3) is 1.87. The van der Waals surface area contributed by atoms with Crippen molar-refractivity contribution in [1.29, 1.82) is 0 Å². The van der Waals surface area contributed by atoms with Gasteiger partial charge in [-0.2, -0.15) is 5.10 Å². The number of aliphatic carboxylic acids is 1. The van der Waals surface area contributed by atoms with Crippen LogP contribution in [0.15, 0.2) is 12.4 Å². The molecular weight excluding hydrogens is 190 g/mol. The van der Waals surface area contributed by atoms with Crippen molar-refractivity contribution in [3.63, 3.8) is 0 Å². The Kier molecular flexibility index (Phi) is 2.80. The molecule has 0 spiro atoms. The van der Waals surface area contributed by atoms with Gasteiger partial charge in [-0.1, -0.05) is 6.92 Å². The Morgan fingerprint density at radius 3 is 2.79 bits per heavy atom. The van der Waals surface area contributed by atoms with Gasteiger partial charge in [-0.3, -0.25) is 14.8 Å². The van der Waals surface area contributed by atoms with E-state index in [1.807, 2.05) is 0 Å². The number of carbonyl (C=O) groups is 1. The van der Waals surface area contributed by atoms with Crippen LogP contribution in [0.25, 0.3) is 0 Å². The minimum Gasteiger partial charge on any atom is -0.548 e. The maximum atomic E-state index is 10.6. The molecule has 1 atom stereocenters. The van der Waals surface area contributed by atoms with E-state index in [1.165, 1.54) is 0 Å². The van der Waals surface area contributed by atoms with Gasteiger partial charge in [-0.15, -0.1) is 0 Å². The molecule has 14 heavy (non-hydrogen) atoms. The summed E-state index contributed by atoms with van der Waals surface area (Å²) < 4.78 is 1.02. The molecule has 1 aromatic heterocycles. The van der Waals surface area contributed by atoms with Crippen LogP contribution in [0.4, 0.5) is 5.69 Å². The van der Waals surface area contributed by atoms with E-state index in [1.54, 1.807) is 6.92 Å². The second-order valence-corrected chi connectivity index (χ2v) is 2.68. The highest BCUT2D eigenvalue weighted by molar-refractivity contribution is 5.69. The normalized spacial score (nSPS) is 12.4. The molecule has 0 aliphatic heterocycles. The molecule has 0 saturated carbocycles. The van der Waals surface area contributed by atoms with Gasteiger partial charge in [-0.25, -0.2) is 0 Å². The largest absolute Gasteiger partial charge is 0.548 e. The zero-order chi connectivity index (χ0) is 10.7. The lowest BCUT2D eigenvalue weighted by molar-refractivity contribution is -0.385. The van der Waals surface area contributed by atoms with Gasteiger partial charge in [0.25, 0.3) is 0 Å². The average Bonchev–Trinajstić information content (AvgIpc) is 2.53. The highest BCUT2D eigenvalue weighted by Crippen LogP contribution is 2.14. The molecule has 0 amide bonds. The van der Waals surface area contributed by atoms with Crippen molar-refractivity contribution in [3.8, 4) is 0 Å². The monoisotopic (exact) mass is 198 g/mol. The average molecular weight is 198 g/mol. The summed E-state index contributed by atoms with van der Waals surface area (Å²) in [5.74, 6) is -1.30. The molecule has 1 heterocycles. The molecule has 0 unspecified atom stereocenters. The Morgan fingerprint density at radius 2 is 2.43 bits per heavy atom. The van der Waals surface area contributed by atoms with Crippen molar-refractivity contribution >= 4 is 11.7 Å². The van der Waals surface area contributed by atoms with Crippen LogP contribution < -0.4 is 5.11 Å². The van der Waals surface area contributed by atoms with E-state index in [0.29, 0.717) is 0 Å². The number of carboxylic acids is 1. The first-order valence-corrected chi connectivity index (χ1v) is 3.95. The number of hydrogen-bond donors (Lipinski definition) is 0. The summed E-state index contributed by atoms with van der Waals surface area (Å²) in [6.07, 6.45) is 2.34. The number of carbonyl (C=O) groups excluding carboxylic acids is 1. The summed E-state index contributed by atoms with van der Waals surface area (Å²) in [4.78, 5) is 20.2. The molecule has 0 fully saturated rings. The minimum absolute atomic E-state index is 0.232. The summed E-state index contributed by atoms with van der Waals surface area (Å²) in [7, 11) is 0. The van der Waals surface area contributed by atoms with Gasteiger partial charge in [-0.05, 0) is 6.42 Å². The van der Waals surface area contributed by atoms with Crippen LogP contribution in [0, 0.1) is 10.1 Å². The van der Waals surface area contributed by atoms with Crippen LogP contribution in [0.2, 0.25) is 0 Å². The van der Waals surface area contributed by atoms with E-state index in [-0.39, 0.29) is 12.1 Å². The Hall–Kier alpha value is -1.92. The van der Waals surface area contributed by atoms with E-state index >= 15 is 0 Å². The number of nitrogens with zero attached hydrogens (tertiary/aromatic N) is 3. The molecule has 0 radical (unpaired) electrons. The molecule has 1 rings (SSSR count). The zero-order valence-corrected chi connectivity index (χ0v) is 7.41. The van der Waals surface area contributed by atoms with Crippen LogP contribution in [0.3, 0.4) is 0 Å². The molecule has 7 nitrogen and oxygen atoms in total. The third-order valence-electron chi connectivity index (χ3n) is 1.78. The van der Waals surface area contributed by atoms with Gasteiger partial charge in [0.1, 0.15) is 12.4 Å². The SMILES string of the molecule is CC[C@H](C(=O)[O-])n1cc([N+](=O)[O-])cn1. The minimum atomic E-state index is -1.30. The van der Waals surface area contributed by atoms with E-state index in [4.69, 9.17) is 0 Å². The molecule has 0 N–H and O–H groups in total. The van der Waals surface area contributed by atoms with Crippen LogP contribution >= 0.6 is 0 Å². The smallest absolute Gasteiger partial charge is 0.307 e. The fourth-order valence-corrected chi connectivity index (χ4v) is 1.05. The predicted octanol–water partition coefficient (Wildman–Crippen LogP) is -0.508. The Bertz CT molecular complexity index is 360. The van der Waals surface area contributed by atoms with Gasteiger partial charge in [0.05, 0.1) is 16.9 Å². The summed E-state index contributed by atoms with van der Waals surface area (Å²) in [5, 5.41) is 24.4. The number of aromatic nitrogens is 2. The van der Waals surface area contributed by atoms with Crippen molar-refractivity contribution in [3.05, 3.63) is 22.5 Å². The van der Waals surface area contributed by atoms with Gasteiger partial charge >= 0.3 is 5.69 Å². The summed E-state index contributed by atoms with van der Waals surface area (Å²) in [5.41, 5.74) is -0.232. The summed E-state index contributed by atoms with van der Waals surface area (Å²) >= 11 is 0. The fourth-order valence-electron chi connectivity index (χ4n) is 1.05. The first-order valence-electron chi connectivity index (χ1n) is 3.95. The highest BCUT2D eigenvalue weighted by atomic mass is 16.6. The Labute approximate surface area is 79.1 Å². The molecule has 0 bridgehead atoms. The number of carboxylic acid groups (broad SMARTS) is 1. The second-order valence-electron chi connectivity index (χ2n) is 2.68. The van der Waals surface area contributed by atoms with Gasteiger partial charge in [0.15, 0.2) is 0 Å². The molecular formula is C7H8N3O4-. The molecule has 0 aliphatic rings. The molecule has 0 aromatic carbocycles. The van der Waals surface area contributed by atoms with Crippen LogP contribution in [0.1, 0.15) is 19.4 Å². The van der Waals surface area contributed by atoms with Crippen molar-refractivity contribution < 1.29 is 14.8 Å². The van der Waals surface area contributed by atoms with Crippen molar-refractivity contribution in [2.75, 3.05) is 0 Å². The highest BCUT2D eigenvalue weighted by Gasteiger charge is 2.15. The van der Waals surface area contributed by atoms with Gasteiger partial charge in [0, 0.05) is 0 Å². The molecule has 76 valence electrons.